The van der Waals surface area contributed by atoms with Gasteiger partial charge in [-0.05, 0) is 25.1 Å². The van der Waals surface area contributed by atoms with E-state index in [4.69, 9.17) is 4.74 Å². The third kappa shape index (κ3) is 3.97. The highest BCUT2D eigenvalue weighted by atomic mass is 19.1. The second kappa shape index (κ2) is 7.07. The van der Waals surface area contributed by atoms with Gasteiger partial charge in [0.2, 0.25) is 5.88 Å². The molecule has 10 heteroatoms. The quantitative estimate of drug-likeness (QED) is 0.687. The topological polar surface area (TPSA) is 93.4 Å². The van der Waals surface area contributed by atoms with Gasteiger partial charge >= 0.3 is 6.03 Å². The average molecular weight is 348 g/mol. The molecule has 8 nitrogen and oxygen atoms in total. The Hall–Kier alpha value is -3.30. The molecule has 3 rings (SSSR count). The molecule has 1 aromatic carbocycles. The highest BCUT2D eigenvalue weighted by molar-refractivity contribution is 5.89. The van der Waals surface area contributed by atoms with Gasteiger partial charge in [-0.25, -0.2) is 13.6 Å². The number of hydrogen-bond acceptors (Lipinski definition) is 5. The lowest BCUT2D eigenvalue weighted by Gasteiger charge is -2.09. The van der Waals surface area contributed by atoms with Crippen LogP contribution in [0, 0.1) is 18.6 Å². The lowest BCUT2D eigenvalue weighted by atomic mass is 10.3. The molecule has 130 valence electrons. The summed E-state index contributed by atoms with van der Waals surface area (Å²) in [5, 5.41) is 16.8. The number of hydrogen-bond donors (Lipinski definition) is 2. The number of benzene rings is 1. The fourth-order valence-corrected chi connectivity index (χ4v) is 2.03. The Morgan fingerprint density at radius 3 is 2.88 bits per heavy atom. The van der Waals surface area contributed by atoms with Crippen molar-refractivity contribution in [1.29, 1.82) is 0 Å². The van der Waals surface area contributed by atoms with Gasteiger partial charge in [0.15, 0.2) is 11.5 Å². The molecule has 0 radical (unpaired) electrons. The lowest BCUT2D eigenvalue weighted by Crippen LogP contribution is -2.32. The number of rotatable bonds is 5. The van der Waals surface area contributed by atoms with Gasteiger partial charge in [-0.1, -0.05) is 0 Å². The molecule has 0 aliphatic carbocycles. The number of fused-ring (bicyclic) bond motifs is 1. The number of nitrogens with one attached hydrogen (secondary N) is 2. The molecule has 2 aromatic heterocycles. The molecule has 0 spiro atoms. The second-order valence-corrected chi connectivity index (χ2v) is 5.04. The Morgan fingerprint density at radius 1 is 1.24 bits per heavy atom. The lowest BCUT2D eigenvalue weighted by molar-refractivity contribution is 0.246. The minimum absolute atomic E-state index is 0.116. The maximum atomic E-state index is 13.4. The zero-order valence-electron chi connectivity index (χ0n) is 13.2. The van der Waals surface area contributed by atoms with Crippen LogP contribution in [0.15, 0.2) is 30.3 Å². The number of carbonyl (C=O) groups is 1. The van der Waals surface area contributed by atoms with Crippen molar-refractivity contribution < 1.29 is 18.3 Å². The zero-order chi connectivity index (χ0) is 17.8. The third-order valence-electron chi connectivity index (χ3n) is 3.21. The van der Waals surface area contributed by atoms with Crippen molar-refractivity contribution in [3.05, 3.63) is 47.8 Å². The summed E-state index contributed by atoms with van der Waals surface area (Å²) in [5.41, 5.74) is 0.485. The fourth-order valence-electron chi connectivity index (χ4n) is 2.03. The zero-order valence-corrected chi connectivity index (χ0v) is 13.2. The number of nitrogens with zero attached hydrogens (tertiary/aromatic N) is 4. The minimum Gasteiger partial charge on any atom is -0.475 e. The molecule has 0 saturated carbocycles. The van der Waals surface area contributed by atoms with E-state index < -0.39 is 17.7 Å². The average Bonchev–Trinajstić information content (AvgIpc) is 2.95. The summed E-state index contributed by atoms with van der Waals surface area (Å²) < 4.78 is 33.2. The molecular weight excluding hydrogens is 334 g/mol. The summed E-state index contributed by atoms with van der Waals surface area (Å²) in [7, 11) is 0. The second-order valence-electron chi connectivity index (χ2n) is 5.04. The first kappa shape index (κ1) is 16.6. The number of aryl methyl sites for hydroxylation is 1. The fraction of sp³-hybridized carbons (Fsp3) is 0.200. The molecule has 0 fully saturated rings. The van der Waals surface area contributed by atoms with Crippen LogP contribution in [0.4, 0.5) is 19.3 Å². The number of halogens is 2. The van der Waals surface area contributed by atoms with Crippen molar-refractivity contribution in [2.24, 2.45) is 0 Å². The molecule has 0 aliphatic heterocycles. The first-order valence-corrected chi connectivity index (χ1v) is 7.35. The summed E-state index contributed by atoms with van der Waals surface area (Å²) in [6, 6.07) is 5.59. The molecule has 2 heterocycles. The van der Waals surface area contributed by atoms with Crippen LogP contribution in [0.25, 0.3) is 5.65 Å². The normalized spacial score (nSPS) is 10.7. The Kier molecular flexibility index (Phi) is 4.68. The standard InChI is InChI=1S/C15H14F2N6O2/c1-9-20-21-13-4-5-14(22-23(9)13)25-7-6-18-15(24)19-12-3-2-10(16)8-11(12)17/h2-5,8H,6-7H2,1H3,(H2,18,19,24). The minimum atomic E-state index is -0.854. The number of urea groups is 1. The Labute approximate surface area is 140 Å². The van der Waals surface area contributed by atoms with Crippen molar-refractivity contribution in [3.8, 4) is 5.88 Å². The van der Waals surface area contributed by atoms with E-state index in [1.54, 1.807) is 19.1 Å². The largest absolute Gasteiger partial charge is 0.475 e. The molecule has 0 bridgehead atoms. The van der Waals surface area contributed by atoms with E-state index in [9.17, 15) is 13.6 Å². The third-order valence-corrected chi connectivity index (χ3v) is 3.21. The predicted octanol–water partition coefficient (Wildman–Crippen LogP) is 1.91. The summed E-state index contributed by atoms with van der Waals surface area (Å²) in [6.45, 7) is 2.08. The SMILES string of the molecule is Cc1nnc2ccc(OCCNC(=O)Nc3ccc(F)cc3F)nn12. The molecular formula is C15H14F2N6O2. The van der Waals surface area contributed by atoms with Crippen molar-refractivity contribution in [2.45, 2.75) is 6.92 Å². The van der Waals surface area contributed by atoms with Crippen LogP contribution in [0.1, 0.15) is 5.82 Å². The van der Waals surface area contributed by atoms with Gasteiger partial charge in [0.05, 0.1) is 12.2 Å². The Balaban J connectivity index is 1.47. The van der Waals surface area contributed by atoms with Crippen molar-refractivity contribution in [3.63, 3.8) is 0 Å². The van der Waals surface area contributed by atoms with Gasteiger partial charge in [-0.3, -0.25) is 0 Å². The number of ether oxygens (including phenoxy) is 1. The van der Waals surface area contributed by atoms with Gasteiger partial charge in [-0.2, -0.15) is 4.52 Å². The van der Waals surface area contributed by atoms with E-state index >= 15 is 0 Å². The monoisotopic (exact) mass is 348 g/mol. The van der Waals surface area contributed by atoms with Crippen LogP contribution in [0.5, 0.6) is 5.88 Å². The highest BCUT2D eigenvalue weighted by Crippen LogP contribution is 2.14. The summed E-state index contributed by atoms with van der Waals surface area (Å²) >= 11 is 0. The Morgan fingerprint density at radius 2 is 2.08 bits per heavy atom. The number of carbonyl (C=O) groups excluding carboxylic acids is 1. The van der Waals surface area contributed by atoms with E-state index in [1.807, 2.05) is 0 Å². The molecule has 0 saturated heterocycles. The molecule has 2 amide bonds. The highest BCUT2D eigenvalue weighted by Gasteiger charge is 2.08. The maximum absolute atomic E-state index is 13.4. The predicted molar refractivity (Wildman–Crippen MR) is 84.4 cm³/mol. The molecule has 0 aliphatic rings. The van der Waals surface area contributed by atoms with Crippen LogP contribution in [-0.4, -0.2) is 39.0 Å². The van der Waals surface area contributed by atoms with Crippen molar-refractivity contribution in [2.75, 3.05) is 18.5 Å². The molecule has 3 aromatic rings. The first-order chi connectivity index (χ1) is 12.0. The van der Waals surface area contributed by atoms with Crippen LogP contribution < -0.4 is 15.4 Å². The maximum Gasteiger partial charge on any atom is 0.319 e. The van der Waals surface area contributed by atoms with Crippen LogP contribution in [0.2, 0.25) is 0 Å². The van der Waals surface area contributed by atoms with E-state index in [0.717, 1.165) is 12.1 Å². The van der Waals surface area contributed by atoms with E-state index in [2.05, 4.69) is 25.9 Å². The van der Waals surface area contributed by atoms with Gasteiger partial charge in [-0.15, -0.1) is 15.3 Å². The molecule has 0 unspecified atom stereocenters. The smallest absolute Gasteiger partial charge is 0.319 e. The molecule has 25 heavy (non-hydrogen) atoms. The Bertz CT molecular complexity index is 914. The van der Waals surface area contributed by atoms with E-state index in [-0.39, 0.29) is 18.8 Å². The summed E-state index contributed by atoms with van der Waals surface area (Å²) in [6.07, 6.45) is 0. The number of amides is 2. The van der Waals surface area contributed by atoms with Gasteiger partial charge in [0.25, 0.3) is 0 Å². The van der Waals surface area contributed by atoms with Crippen LogP contribution in [0.3, 0.4) is 0 Å². The van der Waals surface area contributed by atoms with Crippen molar-refractivity contribution in [1.82, 2.24) is 25.1 Å². The van der Waals surface area contributed by atoms with E-state index in [0.29, 0.717) is 23.4 Å². The van der Waals surface area contributed by atoms with Crippen molar-refractivity contribution >= 4 is 17.4 Å². The first-order valence-electron chi connectivity index (χ1n) is 7.35. The van der Waals surface area contributed by atoms with E-state index in [1.165, 1.54) is 4.52 Å². The molecule has 2 N–H and O–H groups in total. The van der Waals surface area contributed by atoms with Gasteiger partial charge < -0.3 is 15.4 Å². The van der Waals surface area contributed by atoms with Gasteiger partial charge in [0, 0.05) is 12.1 Å². The summed E-state index contributed by atoms with van der Waals surface area (Å²) in [4.78, 5) is 11.7. The number of aromatic nitrogens is 4. The summed E-state index contributed by atoms with van der Waals surface area (Å²) in [5.74, 6) is -0.598. The number of anilines is 1. The van der Waals surface area contributed by atoms with Gasteiger partial charge in [0.1, 0.15) is 18.2 Å². The molecule has 0 atom stereocenters. The van der Waals surface area contributed by atoms with Crippen LogP contribution in [-0.2, 0) is 0 Å². The van der Waals surface area contributed by atoms with Crippen LogP contribution >= 0.6 is 0 Å².